The minimum absolute atomic E-state index is 0.157. The van der Waals surface area contributed by atoms with Crippen molar-refractivity contribution in [3.05, 3.63) is 77.0 Å². The Morgan fingerprint density at radius 1 is 1.04 bits per heavy atom. The summed E-state index contributed by atoms with van der Waals surface area (Å²) in [7, 11) is 0. The average molecular weight is 372 g/mol. The van der Waals surface area contributed by atoms with Gasteiger partial charge in [-0.25, -0.2) is 9.37 Å². The van der Waals surface area contributed by atoms with E-state index >= 15 is 0 Å². The molecule has 1 aliphatic heterocycles. The molecule has 0 spiro atoms. The third-order valence-corrected chi connectivity index (χ3v) is 4.97. The molecule has 3 aromatic rings. The molecule has 0 amide bonds. The normalized spacial score (nSPS) is 16.6. The summed E-state index contributed by atoms with van der Waals surface area (Å²) in [5.41, 5.74) is 1.64. The summed E-state index contributed by atoms with van der Waals surface area (Å²) >= 11 is 5.92. The maximum absolute atomic E-state index is 14.5. The van der Waals surface area contributed by atoms with Crippen molar-refractivity contribution in [1.82, 2.24) is 20.1 Å². The highest BCUT2D eigenvalue weighted by Gasteiger charge is 2.29. The van der Waals surface area contributed by atoms with Gasteiger partial charge in [0.2, 0.25) is 0 Å². The van der Waals surface area contributed by atoms with Crippen LogP contribution in [-0.4, -0.2) is 46.3 Å². The quantitative estimate of drug-likeness (QED) is 0.762. The van der Waals surface area contributed by atoms with Gasteiger partial charge < -0.3 is 4.90 Å². The first-order valence-electron chi connectivity index (χ1n) is 8.56. The van der Waals surface area contributed by atoms with Crippen molar-refractivity contribution in [2.45, 2.75) is 6.04 Å². The molecule has 1 aliphatic rings. The van der Waals surface area contributed by atoms with E-state index in [1.807, 2.05) is 30.5 Å². The number of hydrogen-bond donors (Lipinski definition) is 1. The predicted octanol–water partition coefficient (Wildman–Crippen LogP) is 3.51. The van der Waals surface area contributed by atoms with Gasteiger partial charge >= 0.3 is 0 Å². The van der Waals surface area contributed by atoms with Gasteiger partial charge in [0.1, 0.15) is 11.6 Å². The zero-order chi connectivity index (χ0) is 17.9. The van der Waals surface area contributed by atoms with E-state index in [1.54, 1.807) is 18.5 Å². The molecule has 1 N–H and O–H groups in total. The smallest absolute Gasteiger partial charge is 0.128 e. The lowest BCUT2D eigenvalue weighted by molar-refractivity contribution is 0.208. The number of benzene rings is 1. The monoisotopic (exact) mass is 371 g/mol. The Labute approximate surface area is 156 Å². The van der Waals surface area contributed by atoms with Gasteiger partial charge in [0.05, 0.1) is 17.3 Å². The Kier molecular flexibility index (Phi) is 4.86. The van der Waals surface area contributed by atoms with Gasteiger partial charge in [0.25, 0.3) is 0 Å². The zero-order valence-corrected chi connectivity index (χ0v) is 14.9. The minimum Gasteiger partial charge on any atom is -0.354 e. The van der Waals surface area contributed by atoms with E-state index in [1.165, 1.54) is 6.07 Å². The second-order valence-electron chi connectivity index (χ2n) is 6.31. The zero-order valence-electron chi connectivity index (χ0n) is 14.1. The third-order valence-electron chi connectivity index (χ3n) is 4.75. The fraction of sp³-hybridized carbons (Fsp3) is 0.263. The summed E-state index contributed by atoms with van der Waals surface area (Å²) in [5.74, 6) is 0.723. The molecule has 1 saturated heterocycles. The predicted molar refractivity (Wildman–Crippen MR) is 99.9 cm³/mol. The molecule has 1 fully saturated rings. The van der Waals surface area contributed by atoms with Gasteiger partial charge in [0.15, 0.2) is 0 Å². The molecule has 4 rings (SSSR count). The van der Waals surface area contributed by atoms with Crippen LogP contribution in [0.25, 0.3) is 0 Å². The van der Waals surface area contributed by atoms with Crippen molar-refractivity contribution in [2.24, 2.45) is 0 Å². The third kappa shape index (κ3) is 3.43. The maximum Gasteiger partial charge on any atom is 0.128 e. The lowest BCUT2D eigenvalue weighted by atomic mass is 9.98. The highest BCUT2D eigenvalue weighted by Crippen LogP contribution is 2.31. The number of hydrogen-bond acceptors (Lipinski definition) is 4. The summed E-state index contributed by atoms with van der Waals surface area (Å²) < 4.78 is 14.5. The van der Waals surface area contributed by atoms with Crippen LogP contribution < -0.4 is 4.90 Å². The summed E-state index contributed by atoms with van der Waals surface area (Å²) in [6.45, 7) is 3.23. The molecule has 7 heteroatoms. The number of rotatable bonds is 4. The highest BCUT2D eigenvalue weighted by atomic mass is 35.5. The topological polar surface area (TPSA) is 48.1 Å². The summed E-state index contributed by atoms with van der Waals surface area (Å²) in [6, 6.07) is 10.6. The van der Waals surface area contributed by atoms with Crippen LogP contribution in [0.3, 0.4) is 0 Å². The standard InChI is InChI=1S/C19H19ClFN5/c20-15-5-6-18(22-13-15)25-7-9-26(10-8-25)19(14-11-23-24-12-14)16-3-1-2-4-17(16)21/h1-6,11-13,19H,7-10H2,(H,23,24). The summed E-state index contributed by atoms with van der Waals surface area (Å²) in [4.78, 5) is 8.90. The maximum atomic E-state index is 14.5. The van der Waals surface area contributed by atoms with E-state index in [9.17, 15) is 4.39 Å². The second kappa shape index (κ2) is 7.43. The SMILES string of the molecule is Fc1ccccc1C(c1cn[nH]c1)N1CCN(c2ccc(Cl)cn2)CC1. The van der Waals surface area contributed by atoms with Gasteiger partial charge in [-0.05, 0) is 18.2 Å². The van der Waals surface area contributed by atoms with E-state index in [2.05, 4.69) is 25.0 Å². The molecule has 2 aromatic heterocycles. The van der Waals surface area contributed by atoms with E-state index < -0.39 is 0 Å². The van der Waals surface area contributed by atoms with Crippen molar-refractivity contribution in [3.63, 3.8) is 0 Å². The van der Waals surface area contributed by atoms with Crippen molar-refractivity contribution in [2.75, 3.05) is 31.1 Å². The Morgan fingerprint density at radius 3 is 2.50 bits per heavy atom. The number of H-pyrrole nitrogens is 1. The molecule has 0 saturated carbocycles. The number of pyridine rings is 1. The number of aromatic nitrogens is 3. The lowest BCUT2D eigenvalue weighted by Gasteiger charge is -2.39. The molecule has 0 radical (unpaired) electrons. The molecular formula is C19H19ClFN5. The van der Waals surface area contributed by atoms with Crippen LogP contribution >= 0.6 is 11.6 Å². The molecule has 26 heavy (non-hydrogen) atoms. The molecule has 0 bridgehead atoms. The fourth-order valence-electron chi connectivity index (χ4n) is 3.46. The number of halogens is 2. The van der Waals surface area contributed by atoms with Gasteiger partial charge in [-0.15, -0.1) is 0 Å². The number of piperazine rings is 1. The van der Waals surface area contributed by atoms with Crippen molar-refractivity contribution in [3.8, 4) is 0 Å². The van der Waals surface area contributed by atoms with Crippen LogP contribution in [0.5, 0.6) is 0 Å². The van der Waals surface area contributed by atoms with E-state index in [0.29, 0.717) is 10.6 Å². The van der Waals surface area contributed by atoms with E-state index in [0.717, 1.165) is 37.6 Å². The summed E-state index contributed by atoms with van der Waals surface area (Å²) in [6.07, 6.45) is 5.27. The van der Waals surface area contributed by atoms with Crippen LogP contribution in [0.2, 0.25) is 5.02 Å². The number of anilines is 1. The molecule has 134 valence electrons. The minimum atomic E-state index is -0.194. The van der Waals surface area contributed by atoms with Gasteiger partial charge in [-0.1, -0.05) is 29.8 Å². The van der Waals surface area contributed by atoms with Gasteiger partial charge in [-0.2, -0.15) is 5.10 Å². The van der Waals surface area contributed by atoms with Gasteiger partial charge in [0, 0.05) is 49.7 Å². The second-order valence-corrected chi connectivity index (χ2v) is 6.75. The summed E-state index contributed by atoms with van der Waals surface area (Å²) in [5, 5.41) is 7.53. The van der Waals surface area contributed by atoms with Crippen LogP contribution in [0.4, 0.5) is 10.2 Å². The van der Waals surface area contributed by atoms with Crippen LogP contribution in [0, 0.1) is 5.82 Å². The van der Waals surface area contributed by atoms with Crippen LogP contribution in [0.1, 0.15) is 17.2 Å². The fourth-order valence-corrected chi connectivity index (χ4v) is 3.57. The number of nitrogens with one attached hydrogen (secondary N) is 1. The van der Waals surface area contributed by atoms with E-state index in [4.69, 9.17) is 11.6 Å². The molecule has 1 unspecified atom stereocenters. The molecule has 5 nitrogen and oxygen atoms in total. The van der Waals surface area contributed by atoms with E-state index in [-0.39, 0.29) is 11.9 Å². The lowest BCUT2D eigenvalue weighted by Crippen LogP contribution is -2.48. The number of aromatic amines is 1. The Bertz CT molecular complexity index is 845. The Hall–Kier alpha value is -2.44. The van der Waals surface area contributed by atoms with Crippen LogP contribution in [-0.2, 0) is 0 Å². The van der Waals surface area contributed by atoms with Crippen LogP contribution in [0.15, 0.2) is 55.0 Å². The first-order chi connectivity index (χ1) is 12.7. The molecule has 0 aliphatic carbocycles. The Balaban J connectivity index is 1.55. The molecule has 1 aromatic carbocycles. The average Bonchev–Trinajstić information content (AvgIpc) is 3.19. The molecule has 1 atom stereocenters. The largest absolute Gasteiger partial charge is 0.354 e. The first-order valence-corrected chi connectivity index (χ1v) is 8.94. The van der Waals surface area contributed by atoms with Crippen molar-refractivity contribution in [1.29, 1.82) is 0 Å². The molecular weight excluding hydrogens is 353 g/mol. The first kappa shape index (κ1) is 17.0. The number of nitrogens with zero attached hydrogens (tertiary/aromatic N) is 4. The molecule has 3 heterocycles. The highest BCUT2D eigenvalue weighted by molar-refractivity contribution is 6.30. The van der Waals surface area contributed by atoms with Gasteiger partial charge in [-0.3, -0.25) is 10.00 Å². The Morgan fingerprint density at radius 2 is 1.85 bits per heavy atom. The van der Waals surface area contributed by atoms with Crippen molar-refractivity contribution < 1.29 is 4.39 Å². The van der Waals surface area contributed by atoms with Crippen molar-refractivity contribution >= 4 is 17.4 Å².